The van der Waals surface area contributed by atoms with Crippen molar-refractivity contribution >= 4 is 6.03 Å². The highest BCUT2D eigenvalue weighted by Crippen LogP contribution is 2.17. The minimum Gasteiger partial charge on any atom is -0.487 e. The molecule has 1 fully saturated rings. The number of amides is 2. The molecule has 0 unspecified atom stereocenters. The molecule has 0 bridgehead atoms. The van der Waals surface area contributed by atoms with Crippen molar-refractivity contribution in [3.63, 3.8) is 0 Å². The van der Waals surface area contributed by atoms with Gasteiger partial charge in [-0.25, -0.2) is 4.79 Å². The van der Waals surface area contributed by atoms with Crippen LogP contribution in [0.4, 0.5) is 4.79 Å². The fraction of sp³-hybridized carbons (Fsp3) is 0.400. The Labute approximate surface area is 148 Å². The van der Waals surface area contributed by atoms with Crippen LogP contribution in [0, 0.1) is 0 Å². The van der Waals surface area contributed by atoms with Gasteiger partial charge >= 0.3 is 6.03 Å². The molecule has 1 heterocycles. The third-order valence-corrected chi connectivity index (χ3v) is 4.43. The predicted octanol–water partition coefficient (Wildman–Crippen LogP) is 3.79. The van der Waals surface area contributed by atoms with Crippen LogP contribution in [-0.4, -0.2) is 17.1 Å². The zero-order chi connectivity index (χ0) is 17.3. The molecule has 0 aliphatic heterocycles. The van der Waals surface area contributed by atoms with Crippen molar-refractivity contribution in [3.05, 3.63) is 59.9 Å². The molecule has 0 atom stereocenters. The van der Waals surface area contributed by atoms with E-state index in [4.69, 9.17) is 4.74 Å². The van der Waals surface area contributed by atoms with Crippen LogP contribution in [0.3, 0.4) is 0 Å². The van der Waals surface area contributed by atoms with E-state index in [0.29, 0.717) is 19.2 Å². The topological polar surface area (TPSA) is 63.2 Å². The van der Waals surface area contributed by atoms with Gasteiger partial charge in [-0.05, 0) is 42.7 Å². The molecular weight excluding hydrogens is 314 g/mol. The van der Waals surface area contributed by atoms with Gasteiger partial charge in [0.25, 0.3) is 0 Å². The van der Waals surface area contributed by atoms with E-state index in [2.05, 4.69) is 15.6 Å². The predicted molar refractivity (Wildman–Crippen MR) is 97.3 cm³/mol. The number of hydrogen-bond donors (Lipinski definition) is 2. The summed E-state index contributed by atoms with van der Waals surface area (Å²) in [7, 11) is 0. The monoisotopic (exact) mass is 339 g/mol. The number of pyridine rings is 1. The first kappa shape index (κ1) is 17.3. The lowest BCUT2D eigenvalue weighted by Crippen LogP contribution is -2.42. The number of rotatable bonds is 6. The molecule has 0 saturated heterocycles. The Balaban J connectivity index is 1.40. The summed E-state index contributed by atoms with van der Waals surface area (Å²) in [6.45, 7) is 0.960. The molecule has 0 spiro atoms. The van der Waals surface area contributed by atoms with E-state index in [9.17, 15) is 4.79 Å². The van der Waals surface area contributed by atoms with E-state index in [-0.39, 0.29) is 6.03 Å². The van der Waals surface area contributed by atoms with Crippen molar-refractivity contribution in [3.8, 4) is 5.75 Å². The molecule has 2 N–H and O–H groups in total. The van der Waals surface area contributed by atoms with Crippen molar-refractivity contribution < 1.29 is 9.53 Å². The smallest absolute Gasteiger partial charge is 0.315 e. The highest BCUT2D eigenvalue weighted by atomic mass is 16.5. The zero-order valence-electron chi connectivity index (χ0n) is 14.4. The van der Waals surface area contributed by atoms with Gasteiger partial charge < -0.3 is 15.4 Å². The van der Waals surface area contributed by atoms with Crippen molar-refractivity contribution in [2.24, 2.45) is 0 Å². The quantitative estimate of drug-likeness (QED) is 0.841. The van der Waals surface area contributed by atoms with Gasteiger partial charge in [0, 0.05) is 18.8 Å². The number of ether oxygens (including phenoxy) is 1. The first-order valence-corrected chi connectivity index (χ1v) is 8.95. The number of carbonyl (C=O) groups excluding carboxylic acids is 1. The summed E-state index contributed by atoms with van der Waals surface area (Å²) in [4.78, 5) is 16.2. The Hall–Kier alpha value is -2.56. The molecule has 3 rings (SSSR count). The van der Waals surface area contributed by atoms with Gasteiger partial charge in [0.05, 0.1) is 5.69 Å². The minimum atomic E-state index is -0.0811. The molecule has 2 aromatic rings. The summed E-state index contributed by atoms with van der Waals surface area (Å²) in [5.41, 5.74) is 1.94. The summed E-state index contributed by atoms with van der Waals surface area (Å²) < 4.78 is 5.71. The van der Waals surface area contributed by atoms with Gasteiger partial charge in [0.2, 0.25) is 0 Å². The number of aromatic nitrogens is 1. The Morgan fingerprint density at radius 2 is 1.88 bits per heavy atom. The Kier molecular flexibility index (Phi) is 6.26. The minimum absolute atomic E-state index is 0.0811. The Bertz CT molecular complexity index is 652. The molecular formula is C20H25N3O2. The maximum absolute atomic E-state index is 12.0. The second-order valence-electron chi connectivity index (χ2n) is 6.42. The van der Waals surface area contributed by atoms with E-state index in [1.54, 1.807) is 6.20 Å². The van der Waals surface area contributed by atoms with Crippen LogP contribution in [-0.2, 0) is 13.2 Å². The SMILES string of the molecule is O=C(NCc1ccc(OCc2ccccn2)cc1)NC1CCCCC1. The molecule has 5 nitrogen and oxygen atoms in total. The van der Waals surface area contributed by atoms with Crippen LogP contribution in [0.25, 0.3) is 0 Å². The van der Waals surface area contributed by atoms with E-state index < -0.39 is 0 Å². The van der Waals surface area contributed by atoms with Crippen molar-refractivity contribution in [1.29, 1.82) is 0 Å². The molecule has 25 heavy (non-hydrogen) atoms. The number of hydrogen-bond acceptors (Lipinski definition) is 3. The van der Waals surface area contributed by atoms with E-state index >= 15 is 0 Å². The molecule has 1 saturated carbocycles. The Morgan fingerprint density at radius 1 is 1.08 bits per heavy atom. The highest BCUT2D eigenvalue weighted by Gasteiger charge is 2.15. The van der Waals surface area contributed by atoms with Crippen LogP contribution >= 0.6 is 0 Å². The lowest BCUT2D eigenvalue weighted by atomic mass is 9.96. The van der Waals surface area contributed by atoms with Gasteiger partial charge in [-0.1, -0.05) is 37.5 Å². The molecule has 132 valence electrons. The second kappa shape index (κ2) is 9.06. The van der Waals surface area contributed by atoms with Gasteiger partial charge in [-0.2, -0.15) is 0 Å². The average Bonchev–Trinajstić information content (AvgIpc) is 2.67. The Morgan fingerprint density at radius 3 is 2.60 bits per heavy atom. The maximum atomic E-state index is 12.0. The third-order valence-electron chi connectivity index (χ3n) is 4.43. The molecule has 1 aromatic heterocycles. The number of urea groups is 1. The summed E-state index contributed by atoms with van der Waals surface area (Å²) in [5.74, 6) is 0.793. The molecule has 0 radical (unpaired) electrons. The standard InChI is InChI=1S/C20H25N3O2/c24-20(23-17-6-2-1-3-7-17)22-14-16-9-11-19(12-10-16)25-15-18-8-4-5-13-21-18/h4-5,8-13,17H,1-3,6-7,14-15H2,(H2,22,23,24). The molecule has 1 aromatic carbocycles. The molecule has 2 amide bonds. The summed E-state index contributed by atoms with van der Waals surface area (Å²) in [5, 5.41) is 5.98. The van der Waals surface area contributed by atoms with Crippen LogP contribution in [0.5, 0.6) is 5.75 Å². The van der Waals surface area contributed by atoms with Crippen LogP contribution < -0.4 is 15.4 Å². The molecule has 1 aliphatic rings. The normalized spacial score (nSPS) is 14.7. The summed E-state index contributed by atoms with van der Waals surface area (Å²) in [6, 6.07) is 13.8. The van der Waals surface area contributed by atoms with E-state index in [1.807, 2.05) is 42.5 Å². The van der Waals surface area contributed by atoms with Crippen molar-refractivity contribution in [2.75, 3.05) is 0 Å². The van der Waals surface area contributed by atoms with Crippen molar-refractivity contribution in [1.82, 2.24) is 15.6 Å². The van der Waals surface area contributed by atoms with Gasteiger partial charge in [0.15, 0.2) is 0 Å². The van der Waals surface area contributed by atoms with Gasteiger partial charge in [-0.15, -0.1) is 0 Å². The van der Waals surface area contributed by atoms with Crippen LogP contribution in [0.15, 0.2) is 48.7 Å². The van der Waals surface area contributed by atoms with Crippen LogP contribution in [0.2, 0.25) is 0 Å². The van der Waals surface area contributed by atoms with E-state index in [0.717, 1.165) is 29.8 Å². The lowest BCUT2D eigenvalue weighted by molar-refractivity contribution is 0.232. The molecule has 5 heteroatoms. The lowest BCUT2D eigenvalue weighted by Gasteiger charge is -2.22. The fourth-order valence-electron chi connectivity index (χ4n) is 3.01. The fourth-order valence-corrected chi connectivity index (χ4v) is 3.01. The third kappa shape index (κ3) is 5.78. The summed E-state index contributed by atoms with van der Waals surface area (Å²) >= 11 is 0. The molecule has 1 aliphatic carbocycles. The second-order valence-corrected chi connectivity index (χ2v) is 6.42. The van der Waals surface area contributed by atoms with E-state index in [1.165, 1.54) is 19.3 Å². The largest absolute Gasteiger partial charge is 0.487 e. The first-order chi connectivity index (χ1) is 12.3. The van der Waals surface area contributed by atoms with Gasteiger partial charge in [-0.3, -0.25) is 4.98 Å². The summed E-state index contributed by atoms with van der Waals surface area (Å²) in [6.07, 6.45) is 7.65. The highest BCUT2D eigenvalue weighted by molar-refractivity contribution is 5.74. The van der Waals surface area contributed by atoms with Crippen molar-refractivity contribution in [2.45, 2.75) is 51.3 Å². The average molecular weight is 339 g/mol. The first-order valence-electron chi connectivity index (χ1n) is 8.95. The number of nitrogens with one attached hydrogen (secondary N) is 2. The van der Waals surface area contributed by atoms with Crippen LogP contribution in [0.1, 0.15) is 43.4 Å². The van der Waals surface area contributed by atoms with Gasteiger partial charge in [0.1, 0.15) is 12.4 Å². The zero-order valence-corrected chi connectivity index (χ0v) is 14.4. The number of benzene rings is 1. The number of carbonyl (C=O) groups is 1. The number of nitrogens with zero attached hydrogens (tertiary/aromatic N) is 1. The maximum Gasteiger partial charge on any atom is 0.315 e.